The van der Waals surface area contributed by atoms with Crippen LogP contribution in [-0.2, 0) is 13.0 Å². The maximum absolute atomic E-state index is 13.1. The van der Waals surface area contributed by atoms with Crippen LogP contribution in [0.2, 0.25) is 0 Å². The first kappa shape index (κ1) is 20.6. The number of hydrogen-bond donors (Lipinski definition) is 3. The third kappa shape index (κ3) is 4.57. The van der Waals surface area contributed by atoms with Crippen LogP contribution >= 0.6 is 0 Å². The Labute approximate surface area is 180 Å². The molecule has 0 amide bonds. The van der Waals surface area contributed by atoms with Crippen LogP contribution in [0.5, 0.6) is 0 Å². The molecule has 7 heteroatoms. The molecule has 0 saturated carbocycles. The number of aliphatic hydroxyl groups is 1. The number of benzene rings is 1. The van der Waals surface area contributed by atoms with Gasteiger partial charge in [-0.25, -0.2) is 9.97 Å². The quantitative estimate of drug-likeness (QED) is 0.420. The second-order valence-corrected chi connectivity index (χ2v) is 7.38. The van der Waals surface area contributed by atoms with Crippen LogP contribution < -0.4 is 16.2 Å². The zero-order valence-corrected chi connectivity index (χ0v) is 17.6. The van der Waals surface area contributed by atoms with Gasteiger partial charge in [-0.15, -0.1) is 0 Å². The van der Waals surface area contributed by atoms with Gasteiger partial charge in [-0.05, 0) is 66.3 Å². The van der Waals surface area contributed by atoms with Gasteiger partial charge in [0.25, 0.3) is 5.56 Å². The van der Waals surface area contributed by atoms with Crippen molar-refractivity contribution in [1.29, 1.82) is 0 Å². The van der Waals surface area contributed by atoms with E-state index in [1.807, 2.05) is 55.5 Å². The summed E-state index contributed by atoms with van der Waals surface area (Å²) < 4.78 is 1.49. The lowest BCUT2D eigenvalue weighted by Crippen LogP contribution is -2.22. The molecule has 0 unspecified atom stereocenters. The molecule has 4 aromatic rings. The van der Waals surface area contributed by atoms with E-state index < -0.39 is 0 Å². The average molecular weight is 415 g/mol. The van der Waals surface area contributed by atoms with Crippen molar-refractivity contribution >= 4 is 33.9 Å². The minimum Gasteiger partial charge on any atom is -0.395 e. The van der Waals surface area contributed by atoms with Gasteiger partial charge in [0.15, 0.2) is 0 Å². The predicted molar refractivity (Wildman–Crippen MR) is 124 cm³/mol. The molecular formula is C24H25N5O2. The summed E-state index contributed by atoms with van der Waals surface area (Å²) in [5.41, 5.74) is 2.95. The highest BCUT2D eigenvalue weighted by Gasteiger charge is 2.13. The van der Waals surface area contributed by atoms with Crippen molar-refractivity contribution in [2.75, 3.05) is 17.2 Å². The molecule has 3 heterocycles. The van der Waals surface area contributed by atoms with Crippen molar-refractivity contribution in [3.05, 3.63) is 82.4 Å². The number of pyridine rings is 3. The van der Waals surface area contributed by atoms with Crippen molar-refractivity contribution in [2.24, 2.45) is 0 Å². The van der Waals surface area contributed by atoms with Crippen LogP contribution in [0.25, 0.3) is 10.8 Å². The smallest absolute Gasteiger partial charge is 0.262 e. The standard InChI is InChI=1S/C24H25N5O2/c1-3-17-4-6-19(7-5-17)26-23-22-18(9-11-29(12-13-30)24(22)31)15-21(28-23)27-20-14-16(2)8-10-25-20/h4-11,14-15,30H,3,12-13H2,1-2H3,(H2,25,26,27,28). The molecule has 31 heavy (non-hydrogen) atoms. The van der Waals surface area contributed by atoms with E-state index in [4.69, 9.17) is 0 Å². The summed E-state index contributed by atoms with van der Waals surface area (Å²) in [5.74, 6) is 1.71. The van der Waals surface area contributed by atoms with Crippen LogP contribution in [0.15, 0.2) is 65.7 Å². The van der Waals surface area contributed by atoms with Crippen molar-refractivity contribution in [1.82, 2.24) is 14.5 Å². The van der Waals surface area contributed by atoms with E-state index in [-0.39, 0.29) is 18.7 Å². The Morgan fingerprint density at radius 3 is 2.55 bits per heavy atom. The number of nitrogens with zero attached hydrogens (tertiary/aromatic N) is 3. The van der Waals surface area contributed by atoms with Gasteiger partial charge < -0.3 is 20.3 Å². The molecule has 3 N–H and O–H groups in total. The summed E-state index contributed by atoms with van der Waals surface area (Å²) in [7, 11) is 0. The summed E-state index contributed by atoms with van der Waals surface area (Å²) in [6.45, 7) is 4.22. The average Bonchev–Trinajstić information content (AvgIpc) is 2.76. The molecule has 0 radical (unpaired) electrons. The van der Waals surface area contributed by atoms with Gasteiger partial charge in [0.05, 0.1) is 12.0 Å². The predicted octanol–water partition coefficient (Wildman–Crippen LogP) is 4.14. The van der Waals surface area contributed by atoms with E-state index >= 15 is 0 Å². The summed E-state index contributed by atoms with van der Waals surface area (Å²) in [6, 6.07) is 15.6. The first-order valence-corrected chi connectivity index (χ1v) is 10.3. The number of rotatable bonds is 7. The van der Waals surface area contributed by atoms with Gasteiger partial charge in [0, 0.05) is 24.6 Å². The molecular weight excluding hydrogens is 390 g/mol. The fraction of sp³-hybridized carbons (Fsp3) is 0.208. The van der Waals surface area contributed by atoms with Gasteiger partial charge in [0.1, 0.15) is 17.5 Å². The van der Waals surface area contributed by atoms with Crippen molar-refractivity contribution in [2.45, 2.75) is 26.8 Å². The number of anilines is 4. The van der Waals surface area contributed by atoms with Crippen LogP contribution in [0.1, 0.15) is 18.1 Å². The van der Waals surface area contributed by atoms with E-state index in [2.05, 4.69) is 27.5 Å². The lowest BCUT2D eigenvalue weighted by Gasteiger charge is -2.14. The van der Waals surface area contributed by atoms with E-state index in [0.29, 0.717) is 22.8 Å². The number of aliphatic hydroxyl groups excluding tert-OH is 1. The molecule has 7 nitrogen and oxygen atoms in total. The molecule has 3 aromatic heterocycles. The van der Waals surface area contributed by atoms with E-state index in [9.17, 15) is 9.90 Å². The maximum Gasteiger partial charge on any atom is 0.262 e. The molecule has 0 saturated heterocycles. The molecule has 0 aliphatic rings. The summed E-state index contributed by atoms with van der Waals surface area (Å²) in [5, 5.41) is 17.0. The molecule has 0 bridgehead atoms. The number of aryl methyl sites for hydroxylation is 2. The zero-order valence-electron chi connectivity index (χ0n) is 17.6. The molecule has 0 aliphatic heterocycles. The minimum absolute atomic E-state index is 0.112. The first-order valence-electron chi connectivity index (χ1n) is 10.3. The molecule has 0 fully saturated rings. The molecule has 0 atom stereocenters. The highest BCUT2D eigenvalue weighted by Crippen LogP contribution is 2.27. The zero-order chi connectivity index (χ0) is 21.8. The van der Waals surface area contributed by atoms with Crippen molar-refractivity contribution in [3.8, 4) is 0 Å². The monoisotopic (exact) mass is 415 g/mol. The Morgan fingerprint density at radius 1 is 1.03 bits per heavy atom. The second kappa shape index (κ2) is 8.97. The van der Waals surface area contributed by atoms with E-state index in [1.165, 1.54) is 10.1 Å². The summed E-state index contributed by atoms with van der Waals surface area (Å²) in [4.78, 5) is 22.1. The Hall–Kier alpha value is -3.71. The molecule has 1 aromatic carbocycles. The lowest BCUT2D eigenvalue weighted by molar-refractivity contribution is 0.274. The van der Waals surface area contributed by atoms with Crippen molar-refractivity contribution in [3.63, 3.8) is 0 Å². The second-order valence-electron chi connectivity index (χ2n) is 7.38. The fourth-order valence-electron chi connectivity index (χ4n) is 3.44. The maximum atomic E-state index is 13.1. The molecule has 4 rings (SSSR count). The summed E-state index contributed by atoms with van der Waals surface area (Å²) in [6.07, 6.45) is 4.38. The van der Waals surface area contributed by atoms with E-state index in [1.54, 1.807) is 12.4 Å². The number of aromatic nitrogens is 3. The number of hydrogen-bond acceptors (Lipinski definition) is 6. The highest BCUT2D eigenvalue weighted by molar-refractivity contribution is 5.94. The molecule has 158 valence electrons. The van der Waals surface area contributed by atoms with Gasteiger partial charge in [0.2, 0.25) is 0 Å². The minimum atomic E-state index is -0.202. The molecule has 0 aliphatic carbocycles. The van der Waals surface area contributed by atoms with Crippen LogP contribution in [0.4, 0.5) is 23.1 Å². The Kier molecular flexibility index (Phi) is 5.95. The van der Waals surface area contributed by atoms with Gasteiger partial charge in [-0.3, -0.25) is 4.79 Å². The van der Waals surface area contributed by atoms with Gasteiger partial charge in [-0.1, -0.05) is 19.1 Å². The van der Waals surface area contributed by atoms with E-state index in [0.717, 1.165) is 23.1 Å². The highest BCUT2D eigenvalue weighted by atomic mass is 16.3. The number of nitrogens with one attached hydrogen (secondary N) is 2. The fourth-order valence-corrected chi connectivity index (χ4v) is 3.44. The van der Waals surface area contributed by atoms with Gasteiger partial charge >= 0.3 is 0 Å². The van der Waals surface area contributed by atoms with Crippen LogP contribution in [0.3, 0.4) is 0 Å². The normalized spacial score (nSPS) is 10.9. The Bertz CT molecular complexity index is 1270. The Morgan fingerprint density at radius 2 is 1.84 bits per heavy atom. The van der Waals surface area contributed by atoms with Crippen LogP contribution in [0, 0.1) is 6.92 Å². The van der Waals surface area contributed by atoms with Gasteiger partial charge in [-0.2, -0.15) is 0 Å². The summed E-state index contributed by atoms with van der Waals surface area (Å²) >= 11 is 0. The third-order valence-electron chi connectivity index (χ3n) is 5.10. The van der Waals surface area contributed by atoms with Crippen molar-refractivity contribution < 1.29 is 5.11 Å². The SMILES string of the molecule is CCc1ccc(Nc2nc(Nc3cc(C)ccn3)cc3ccn(CCO)c(=O)c23)cc1. The Balaban J connectivity index is 1.81. The molecule has 0 spiro atoms. The first-order chi connectivity index (χ1) is 15.1. The topological polar surface area (TPSA) is 92.1 Å². The van der Waals surface area contributed by atoms with Crippen LogP contribution in [-0.4, -0.2) is 26.2 Å². The largest absolute Gasteiger partial charge is 0.395 e. The number of fused-ring (bicyclic) bond motifs is 1. The lowest BCUT2D eigenvalue weighted by atomic mass is 10.1. The third-order valence-corrected chi connectivity index (χ3v) is 5.10.